The zero-order valence-corrected chi connectivity index (χ0v) is 25.7. The van der Waals surface area contributed by atoms with E-state index in [1.54, 1.807) is 23.1 Å². The molecule has 236 valence electrons. The Morgan fingerprint density at radius 1 is 0.913 bits per heavy atom. The highest BCUT2D eigenvalue weighted by molar-refractivity contribution is 6.07. The molecule has 0 spiro atoms. The van der Waals surface area contributed by atoms with E-state index >= 15 is 0 Å². The zero-order chi connectivity index (χ0) is 32.0. The number of nitro groups is 1. The molecule has 0 radical (unpaired) electrons. The van der Waals surface area contributed by atoms with Crippen LogP contribution < -0.4 is 0 Å². The van der Waals surface area contributed by atoms with Gasteiger partial charge in [0.25, 0.3) is 11.6 Å². The number of hydrogen-bond acceptors (Lipinski definition) is 6. The fourth-order valence-electron chi connectivity index (χ4n) is 6.92. The third-order valence-corrected chi connectivity index (χ3v) is 9.30. The molecule has 4 aromatic carbocycles. The van der Waals surface area contributed by atoms with E-state index in [9.17, 15) is 19.7 Å². The maximum absolute atomic E-state index is 14.0. The average molecular weight is 619 g/mol. The van der Waals surface area contributed by atoms with Crippen molar-refractivity contribution in [2.45, 2.75) is 37.5 Å². The van der Waals surface area contributed by atoms with Crippen molar-refractivity contribution in [3.63, 3.8) is 0 Å². The number of amides is 2. The summed E-state index contributed by atoms with van der Waals surface area (Å²) in [6, 6.07) is 30.5. The van der Waals surface area contributed by atoms with Gasteiger partial charge in [0.2, 0.25) is 0 Å². The summed E-state index contributed by atoms with van der Waals surface area (Å²) in [4.78, 5) is 43.9. The van der Waals surface area contributed by atoms with Crippen LogP contribution in [0, 0.1) is 10.1 Å². The molecule has 46 heavy (non-hydrogen) atoms. The van der Waals surface area contributed by atoms with Gasteiger partial charge in [-0.1, -0.05) is 72.8 Å². The number of carbonyl (C=O) groups is 2. The molecule has 0 aliphatic carbocycles. The molecule has 0 unspecified atom stereocenters. The number of ether oxygens (including phenoxy) is 1. The Morgan fingerprint density at radius 2 is 1.61 bits per heavy atom. The number of hydrogen-bond donors (Lipinski definition) is 0. The standard InChI is InChI=1S/C37H38N4O5/c1-2-21-40(37(43)46-26-27-15-17-31(18-16-27)41(44)45)30-19-22-38(23-20-30)35-25-39(24-34(35)29-9-4-3-5-10-29)36(42)33-14-8-12-28-11-6-7-13-32(28)33/h2-18,30,34-35H,1,19-26H2/t34-,35+/m1/s1. The van der Waals surface area contributed by atoms with Crippen LogP contribution in [0.3, 0.4) is 0 Å². The van der Waals surface area contributed by atoms with Crippen molar-refractivity contribution < 1.29 is 19.2 Å². The van der Waals surface area contributed by atoms with Crippen molar-refractivity contribution in [2.75, 3.05) is 32.7 Å². The van der Waals surface area contributed by atoms with E-state index in [1.165, 1.54) is 17.7 Å². The molecule has 2 fully saturated rings. The SMILES string of the molecule is C=CCN(C(=O)OCc1ccc([N+](=O)[O-])cc1)C1CCN([C@H]2CN(C(=O)c3cccc4ccccc34)C[C@@H]2c2ccccc2)CC1. The van der Waals surface area contributed by atoms with Crippen molar-refractivity contribution in [3.05, 3.63) is 137 Å². The lowest BCUT2D eigenvalue weighted by Gasteiger charge is -2.41. The zero-order valence-electron chi connectivity index (χ0n) is 25.7. The van der Waals surface area contributed by atoms with Gasteiger partial charge in [-0.05, 0) is 52.9 Å². The van der Waals surface area contributed by atoms with Gasteiger partial charge in [0.05, 0.1) is 4.92 Å². The fourth-order valence-corrected chi connectivity index (χ4v) is 6.92. The summed E-state index contributed by atoms with van der Waals surface area (Å²) in [5.74, 6) is 0.232. The van der Waals surface area contributed by atoms with Crippen LogP contribution >= 0.6 is 0 Å². The third-order valence-electron chi connectivity index (χ3n) is 9.30. The number of benzene rings is 4. The van der Waals surface area contributed by atoms with Crippen LogP contribution in [0.15, 0.2) is 110 Å². The van der Waals surface area contributed by atoms with Gasteiger partial charge in [-0.25, -0.2) is 4.79 Å². The second-order valence-corrected chi connectivity index (χ2v) is 12.0. The van der Waals surface area contributed by atoms with E-state index in [1.807, 2.05) is 53.4 Å². The normalized spacial score (nSPS) is 18.7. The van der Waals surface area contributed by atoms with Crippen LogP contribution in [0.1, 0.15) is 40.2 Å². The van der Waals surface area contributed by atoms with Crippen LogP contribution in [-0.2, 0) is 11.3 Å². The maximum atomic E-state index is 14.0. The smallest absolute Gasteiger partial charge is 0.410 e. The first-order valence-electron chi connectivity index (χ1n) is 15.8. The molecular weight excluding hydrogens is 580 g/mol. The molecular formula is C37H38N4O5. The third kappa shape index (κ3) is 6.65. The molecule has 9 heteroatoms. The molecule has 9 nitrogen and oxygen atoms in total. The van der Waals surface area contributed by atoms with Crippen LogP contribution in [0.5, 0.6) is 0 Å². The number of non-ortho nitro benzene ring substituents is 1. The molecule has 6 rings (SSSR count). The van der Waals surface area contributed by atoms with Gasteiger partial charge < -0.3 is 14.5 Å². The van der Waals surface area contributed by atoms with Gasteiger partial charge in [0.15, 0.2) is 0 Å². The largest absolute Gasteiger partial charge is 0.445 e. The predicted octanol–water partition coefficient (Wildman–Crippen LogP) is 6.65. The summed E-state index contributed by atoms with van der Waals surface area (Å²) in [5, 5.41) is 13.0. The van der Waals surface area contributed by atoms with E-state index in [2.05, 4.69) is 35.7 Å². The number of nitrogens with zero attached hydrogens (tertiary/aromatic N) is 4. The van der Waals surface area contributed by atoms with Gasteiger partial charge in [0, 0.05) is 68.4 Å². The molecule has 2 aliphatic heterocycles. The van der Waals surface area contributed by atoms with Crippen LogP contribution in [0.25, 0.3) is 10.8 Å². The average Bonchev–Trinajstić information content (AvgIpc) is 3.55. The highest BCUT2D eigenvalue weighted by atomic mass is 16.6. The molecule has 4 aromatic rings. The molecule has 2 aliphatic rings. The number of nitro benzene ring substituents is 1. The predicted molar refractivity (Wildman–Crippen MR) is 178 cm³/mol. The Labute approximate surface area is 268 Å². The van der Waals surface area contributed by atoms with E-state index < -0.39 is 11.0 Å². The molecule has 0 saturated carbocycles. The fraction of sp³-hybridized carbons (Fsp3) is 0.297. The first kappa shape index (κ1) is 31.0. The van der Waals surface area contributed by atoms with E-state index in [0.29, 0.717) is 25.2 Å². The van der Waals surface area contributed by atoms with Gasteiger partial charge in [-0.3, -0.25) is 19.8 Å². The summed E-state index contributed by atoms with van der Waals surface area (Å²) in [6.45, 7) is 7.12. The van der Waals surface area contributed by atoms with E-state index in [0.717, 1.165) is 42.3 Å². The topological polar surface area (TPSA) is 96.2 Å². The van der Waals surface area contributed by atoms with E-state index in [4.69, 9.17) is 4.74 Å². The van der Waals surface area contributed by atoms with Gasteiger partial charge >= 0.3 is 6.09 Å². The minimum absolute atomic E-state index is 0.00654. The number of piperidine rings is 1. The quantitative estimate of drug-likeness (QED) is 0.119. The van der Waals surface area contributed by atoms with Crippen LogP contribution in [0.4, 0.5) is 10.5 Å². The van der Waals surface area contributed by atoms with Gasteiger partial charge in [0.1, 0.15) is 6.61 Å². The number of rotatable bonds is 9. The van der Waals surface area contributed by atoms with Crippen LogP contribution in [-0.4, -0.2) is 76.4 Å². The monoisotopic (exact) mass is 618 g/mol. The Balaban J connectivity index is 1.13. The van der Waals surface area contributed by atoms with E-state index in [-0.39, 0.29) is 36.2 Å². The molecule has 0 aromatic heterocycles. The highest BCUT2D eigenvalue weighted by Crippen LogP contribution is 2.35. The van der Waals surface area contributed by atoms with Gasteiger partial charge in [-0.2, -0.15) is 0 Å². The molecule has 0 N–H and O–H groups in total. The Bertz CT molecular complexity index is 1700. The van der Waals surface area contributed by atoms with Gasteiger partial charge in [-0.15, -0.1) is 6.58 Å². The lowest BCUT2D eigenvalue weighted by Crippen LogP contribution is -2.51. The maximum Gasteiger partial charge on any atom is 0.410 e. The second-order valence-electron chi connectivity index (χ2n) is 12.0. The summed E-state index contributed by atoms with van der Waals surface area (Å²) < 4.78 is 5.62. The molecule has 2 heterocycles. The number of carbonyl (C=O) groups excluding carboxylic acids is 2. The van der Waals surface area contributed by atoms with Crippen LogP contribution in [0.2, 0.25) is 0 Å². The minimum atomic E-state index is -0.456. The lowest BCUT2D eigenvalue weighted by atomic mass is 9.91. The molecule has 0 bridgehead atoms. The number of fused-ring (bicyclic) bond motifs is 1. The first-order chi connectivity index (χ1) is 22.4. The first-order valence-corrected chi connectivity index (χ1v) is 15.8. The Morgan fingerprint density at radius 3 is 2.33 bits per heavy atom. The van der Waals surface area contributed by atoms with Crippen molar-refractivity contribution in [2.24, 2.45) is 0 Å². The number of likely N-dealkylation sites (tertiary alicyclic amines) is 2. The minimum Gasteiger partial charge on any atom is -0.445 e. The van der Waals surface area contributed by atoms with Crippen molar-refractivity contribution >= 4 is 28.5 Å². The molecule has 2 atom stereocenters. The van der Waals surface area contributed by atoms with Crippen molar-refractivity contribution in [3.8, 4) is 0 Å². The summed E-state index contributed by atoms with van der Waals surface area (Å²) in [5.41, 5.74) is 2.64. The summed E-state index contributed by atoms with van der Waals surface area (Å²) in [7, 11) is 0. The molecule has 2 amide bonds. The molecule has 2 saturated heterocycles. The summed E-state index contributed by atoms with van der Waals surface area (Å²) in [6.07, 6.45) is 2.83. The second kappa shape index (κ2) is 14.0. The highest BCUT2D eigenvalue weighted by Gasteiger charge is 2.41. The summed E-state index contributed by atoms with van der Waals surface area (Å²) >= 11 is 0. The Hall–Kier alpha value is -5.02. The van der Waals surface area contributed by atoms with Crippen molar-refractivity contribution in [1.82, 2.24) is 14.7 Å². The van der Waals surface area contributed by atoms with Crippen molar-refractivity contribution in [1.29, 1.82) is 0 Å². The Kier molecular flexibility index (Phi) is 9.40. The lowest BCUT2D eigenvalue weighted by molar-refractivity contribution is -0.384.